The van der Waals surface area contributed by atoms with Crippen LogP contribution in [-0.2, 0) is 11.2 Å². The Morgan fingerprint density at radius 3 is 2.48 bits per heavy atom. The highest BCUT2D eigenvalue weighted by Gasteiger charge is 2.30. The van der Waals surface area contributed by atoms with E-state index in [-0.39, 0.29) is 18.1 Å². The Morgan fingerprint density at radius 1 is 1.22 bits per heavy atom. The zero-order chi connectivity index (χ0) is 16.7. The number of piperazine rings is 1. The second-order valence-corrected chi connectivity index (χ2v) is 5.31. The molecular weight excluding hydrogens is 311 g/mol. The number of ether oxygens (including phenoxy) is 1. The molecule has 1 saturated heterocycles. The molecule has 2 rings (SSSR count). The molecule has 1 fully saturated rings. The Hall–Kier alpha value is -1.80. The minimum Gasteiger partial charge on any atom is -0.406 e. The maximum Gasteiger partial charge on any atom is 0.573 e. The van der Waals surface area contributed by atoms with Gasteiger partial charge in [-0.25, -0.2) is 0 Å². The summed E-state index contributed by atoms with van der Waals surface area (Å²) < 4.78 is 39.9. The molecule has 0 unspecified atom stereocenters. The van der Waals surface area contributed by atoms with E-state index in [0.717, 1.165) is 32.7 Å². The highest BCUT2D eigenvalue weighted by Crippen LogP contribution is 2.22. The third-order valence-electron chi connectivity index (χ3n) is 3.48. The number of hydrogen-bond donors (Lipinski definition) is 2. The van der Waals surface area contributed by atoms with Crippen molar-refractivity contribution in [3.8, 4) is 5.75 Å². The molecule has 1 amide bonds. The van der Waals surface area contributed by atoms with Crippen LogP contribution in [0, 0.1) is 0 Å². The average molecular weight is 331 g/mol. The van der Waals surface area contributed by atoms with Crippen molar-refractivity contribution < 1.29 is 22.7 Å². The normalized spacial score (nSPS) is 16.1. The van der Waals surface area contributed by atoms with Crippen LogP contribution in [0.25, 0.3) is 0 Å². The number of carbonyl (C=O) groups excluding carboxylic acids is 1. The molecule has 0 bridgehead atoms. The van der Waals surface area contributed by atoms with Gasteiger partial charge in [-0.05, 0) is 17.7 Å². The first-order valence-electron chi connectivity index (χ1n) is 7.47. The maximum atomic E-state index is 12.1. The Labute approximate surface area is 132 Å². The van der Waals surface area contributed by atoms with Gasteiger partial charge in [0.05, 0.1) is 6.42 Å². The molecular formula is C15H20F3N3O2. The first-order chi connectivity index (χ1) is 10.9. The molecule has 5 nitrogen and oxygen atoms in total. The molecule has 1 aliphatic heterocycles. The number of amides is 1. The van der Waals surface area contributed by atoms with E-state index in [9.17, 15) is 18.0 Å². The molecule has 128 valence electrons. The van der Waals surface area contributed by atoms with Gasteiger partial charge in [0.25, 0.3) is 0 Å². The van der Waals surface area contributed by atoms with Crippen molar-refractivity contribution in [3.63, 3.8) is 0 Å². The highest BCUT2D eigenvalue weighted by atomic mass is 19.4. The molecule has 0 spiro atoms. The summed E-state index contributed by atoms with van der Waals surface area (Å²) in [7, 11) is 0. The standard InChI is InChI=1S/C15H20F3N3O2/c16-15(17,18)23-13-3-1-12(2-4-13)11-14(22)20-7-10-21-8-5-19-6-9-21/h1-4,19H,5-11H2,(H,20,22). The van der Waals surface area contributed by atoms with Crippen molar-refractivity contribution in [2.24, 2.45) is 0 Å². The second-order valence-electron chi connectivity index (χ2n) is 5.31. The van der Waals surface area contributed by atoms with Crippen molar-refractivity contribution >= 4 is 5.91 Å². The van der Waals surface area contributed by atoms with Crippen LogP contribution >= 0.6 is 0 Å². The van der Waals surface area contributed by atoms with Crippen LogP contribution in [0.2, 0.25) is 0 Å². The number of rotatable bonds is 6. The summed E-state index contributed by atoms with van der Waals surface area (Å²) in [6.07, 6.45) is -4.57. The number of carbonyl (C=O) groups is 1. The SMILES string of the molecule is O=C(Cc1ccc(OC(F)(F)F)cc1)NCCN1CCNCC1. The Morgan fingerprint density at radius 2 is 1.87 bits per heavy atom. The van der Waals surface area contributed by atoms with E-state index in [2.05, 4.69) is 20.3 Å². The number of alkyl halides is 3. The van der Waals surface area contributed by atoms with Gasteiger partial charge in [0.15, 0.2) is 0 Å². The summed E-state index contributed by atoms with van der Waals surface area (Å²) >= 11 is 0. The van der Waals surface area contributed by atoms with Crippen molar-refractivity contribution in [1.82, 2.24) is 15.5 Å². The molecule has 0 aliphatic carbocycles. The lowest BCUT2D eigenvalue weighted by atomic mass is 10.1. The molecule has 1 aliphatic rings. The van der Waals surface area contributed by atoms with Crippen molar-refractivity contribution in [1.29, 1.82) is 0 Å². The Bertz CT molecular complexity index is 500. The lowest BCUT2D eigenvalue weighted by molar-refractivity contribution is -0.274. The van der Waals surface area contributed by atoms with Crippen molar-refractivity contribution in [2.75, 3.05) is 39.3 Å². The molecule has 8 heteroatoms. The summed E-state index contributed by atoms with van der Waals surface area (Å²) in [5.74, 6) is -0.440. The molecule has 1 heterocycles. The first kappa shape index (κ1) is 17.6. The van der Waals surface area contributed by atoms with Crippen LogP contribution in [0.3, 0.4) is 0 Å². The van der Waals surface area contributed by atoms with E-state index in [4.69, 9.17) is 0 Å². The lowest BCUT2D eigenvalue weighted by Crippen LogP contribution is -2.46. The number of nitrogens with one attached hydrogen (secondary N) is 2. The van der Waals surface area contributed by atoms with Crippen LogP contribution in [0.15, 0.2) is 24.3 Å². The van der Waals surface area contributed by atoms with Crippen LogP contribution in [0.1, 0.15) is 5.56 Å². The van der Waals surface area contributed by atoms with E-state index >= 15 is 0 Å². The minimum atomic E-state index is -4.71. The van der Waals surface area contributed by atoms with Gasteiger partial charge in [0.1, 0.15) is 5.75 Å². The highest BCUT2D eigenvalue weighted by molar-refractivity contribution is 5.78. The lowest BCUT2D eigenvalue weighted by Gasteiger charge is -2.27. The second kappa shape index (κ2) is 8.16. The fourth-order valence-electron chi connectivity index (χ4n) is 2.35. The summed E-state index contributed by atoms with van der Waals surface area (Å²) in [4.78, 5) is 14.1. The predicted octanol–water partition coefficient (Wildman–Crippen LogP) is 1.15. The molecule has 0 atom stereocenters. The number of nitrogens with zero attached hydrogens (tertiary/aromatic N) is 1. The summed E-state index contributed by atoms with van der Waals surface area (Å²) in [5.41, 5.74) is 0.638. The molecule has 0 aromatic heterocycles. The molecule has 0 radical (unpaired) electrons. The fraction of sp³-hybridized carbons (Fsp3) is 0.533. The van der Waals surface area contributed by atoms with E-state index in [1.807, 2.05) is 0 Å². The van der Waals surface area contributed by atoms with Crippen molar-refractivity contribution in [3.05, 3.63) is 29.8 Å². The Balaban J connectivity index is 1.70. The zero-order valence-corrected chi connectivity index (χ0v) is 12.7. The molecule has 2 N–H and O–H groups in total. The molecule has 1 aromatic rings. The fourth-order valence-corrected chi connectivity index (χ4v) is 2.35. The van der Waals surface area contributed by atoms with Crippen LogP contribution < -0.4 is 15.4 Å². The van der Waals surface area contributed by atoms with Crippen LogP contribution in [-0.4, -0.2) is 56.4 Å². The monoisotopic (exact) mass is 331 g/mol. The summed E-state index contributed by atoms with van der Waals surface area (Å²) in [6, 6.07) is 5.32. The van der Waals surface area contributed by atoms with Gasteiger partial charge in [0.2, 0.25) is 5.91 Å². The topological polar surface area (TPSA) is 53.6 Å². The quantitative estimate of drug-likeness (QED) is 0.821. The number of benzene rings is 1. The molecule has 1 aromatic carbocycles. The van der Waals surface area contributed by atoms with Gasteiger partial charge in [-0.3, -0.25) is 9.69 Å². The maximum absolute atomic E-state index is 12.1. The molecule has 0 saturated carbocycles. The van der Waals surface area contributed by atoms with Crippen LogP contribution in [0.5, 0.6) is 5.75 Å². The third-order valence-corrected chi connectivity index (χ3v) is 3.48. The Kier molecular flexibility index (Phi) is 6.23. The smallest absolute Gasteiger partial charge is 0.406 e. The van der Waals surface area contributed by atoms with Crippen molar-refractivity contribution in [2.45, 2.75) is 12.8 Å². The minimum absolute atomic E-state index is 0.133. The average Bonchev–Trinajstić information content (AvgIpc) is 2.49. The first-order valence-corrected chi connectivity index (χ1v) is 7.47. The van der Waals surface area contributed by atoms with Gasteiger partial charge in [-0.15, -0.1) is 13.2 Å². The predicted molar refractivity (Wildman–Crippen MR) is 79.1 cm³/mol. The number of hydrogen-bond acceptors (Lipinski definition) is 4. The third kappa shape index (κ3) is 6.87. The number of halogens is 3. The van der Waals surface area contributed by atoms with Gasteiger partial charge in [-0.1, -0.05) is 12.1 Å². The van der Waals surface area contributed by atoms with Gasteiger partial charge >= 0.3 is 6.36 Å². The van der Waals surface area contributed by atoms with Gasteiger partial charge < -0.3 is 15.4 Å². The van der Waals surface area contributed by atoms with E-state index in [0.29, 0.717) is 12.1 Å². The molecule has 23 heavy (non-hydrogen) atoms. The summed E-state index contributed by atoms with van der Waals surface area (Å²) in [5, 5.41) is 6.07. The largest absolute Gasteiger partial charge is 0.573 e. The zero-order valence-electron chi connectivity index (χ0n) is 12.7. The van der Waals surface area contributed by atoms with Gasteiger partial charge in [0, 0.05) is 39.3 Å². The van der Waals surface area contributed by atoms with E-state index in [1.165, 1.54) is 24.3 Å². The van der Waals surface area contributed by atoms with Gasteiger partial charge in [-0.2, -0.15) is 0 Å². The van der Waals surface area contributed by atoms with E-state index < -0.39 is 6.36 Å². The van der Waals surface area contributed by atoms with E-state index in [1.54, 1.807) is 0 Å². The summed E-state index contributed by atoms with van der Waals surface area (Å²) in [6.45, 7) is 5.22. The van der Waals surface area contributed by atoms with Crippen LogP contribution in [0.4, 0.5) is 13.2 Å².